The number of hydrogen-bond acceptors (Lipinski definition) is 4. The molecule has 0 saturated carbocycles. The minimum absolute atomic E-state index is 0.0741. The predicted molar refractivity (Wildman–Crippen MR) is 102 cm³/mol. The van der Waals surface area contributed by atoms with Crippen molar-refractivity contribution in [2.45, 2.75) is 51.3 Å². The third kappa shape index (κ3) is 3.72. The van der Waals surface area contributed by atoms with Crippen LogP contribution < -0.4 is 4.74 Å². The number of para-hydroxylation sites is 1. The average Bonchev–Trinajstić information content (AvgIpc) is 3.02. The van der Waals surface area contributed by atoms with Gasteiger partial charge in [-0.3, -0.25) is 4.79 Å². The highest BCUT2D eigenvalue weighted by molar-refractivity contribution is 5.77. The first kappa shape index (κ1) is 18.0. The Bertz CT molecular complexity index is 811. The van der Waals surface area contributed by atoms with E-state index in [2.05, 4.69) is 22.5 Å². The largest absolute Gasteiger partial charge is 0.485 e. The van der Waals surface area contributed by atoms with E-state index in [1.165, 1.54) is 0 Å². The smallest absolute Gasteiger partial charge is 0.225 e. The summed E-state index contributed by atoms with van der Waals surface area (Å²) in [6.07, 6.45) is 5.78. The Kier molecular flexibility index (Phi) is 4.91. The zero-order valence-corrected chi connectivity index (χ0v) is 16.1. The number of hydrogen-bond donors (Lipinski definition) is 0. The van der Waals surface area contributed by atoms with Crippen LogP contribution in [0.1, 0.15) is 43.6 Å². The summed E-state index contributed by atoms with van der Waals surface area (Å²) < 4.78 is 14.1. The van der Waals surface area contributed by atoms with Gasteiger partial charge in [0.2, 0.25) is 5.91 Å². The van der Waals surface area contributed by atoms with E-state index in [4.69, 9.17) is 9.47 Å². The first-order valence-electron chi connectivity index (χ1n) is 9.68. The Hall–Kier alpha value is -2.34. The van der Waals surface area contributed by atoms with Gasteiger partial charge in [-0.15, -0.1) is 0 Å². The fourth-order valence-corrected chi connectivity index (χ4v) is 4.12. The van der Waals surface area contributed by atoms with E-state index in [9.17, 15) is 4.79 Å². The van der Waals surface area contributed by atoms with Crippen LogP contribution in [0.15, 0.2) is 36.7 Å². The van der Waals surface area contributed by atoms with Crippen molar-refractivity contribution in [3.63, 3.8) is 0 Å². The third-order valence-electron chi connectivity index (χ3n) is 5.70. The highest BCUT2D eigenvalue weighted by Crippen LogP contribution is 2.35. The predicted octanol–water partition coefficient (Wildman–Crippen LogP) is 3.11. The Morgan fingerprint density at radius 1 is 1.30 bits per heavy atom. The van der Waals surface area contributed by atoms with Crippen LogP contribution in [-0.2, 0) is 16.1 Å². The Morgan fingerprint density at radius 2 is 2.07 bits per heavy atom. The maximum absolute atomic E-state index is 13.2. The molecule has 0 unspecified atom stereocenters. The highest BCUT2D eigenvalue weighted by atomic mass is 16.5. The Morgan fingerprint density at radius 3 is 2.81 bits per heavy atom. The number of fused-ring (bicyclic) bond motifs is 1. The molecule has 2 aliphatic heterocycles. The molecule has 1 aromatic heterocycles. The zero-order valence-electron chi connectivity index (χ0n) is 16.1. The molecular weight excluding hydrogens is 342 g/mol. The van der Waals surface area contributed by atoms with Crippen molar-refractivity contribution >= 4 is 5.91 Å². The molecule has 1 amide bonds. The summed E-state index contributed by atoms with van der Waals surface area (Å²) >= 11 is 0. The molecule has 0 N–H and O–H groups in total. The summed E-state index contributed by atoms with van der Waals surface area (Å²) in [5, 5.41) is 0. The topological polar surface area (TPSA) is 56.6 Å². The molecule has 1 saturated heterocycles. The maximum Gasteiger partial charge on any atom is 0.225 e. The molecule has 6 heteroatoms. The second kappa shape index (κ2) is 7.35. The quantitative estimate of drug-likeness (QED) is 0.834. The standard InChI is InChI=1S/C21H27N3O3/c1-16(24-10-9-22-17(24)2)13-20(25)23-14-18-5-3-4-6-19(18)27-21(15-23)7-11-26-12-8-21/h3-6,9-10,16H,7-8,11-15H2,1-2H3/t16-/m0/s1. The molecule has 0 radical (unpaired) electrons. The van der Waals surface area contributed by atoms with Gasteiger partial charge >= 0.3 is 0 Å². The summed E-state index contributed by atoms with van der Waals surface area (Å²) in [5.41, 5.74) is 0.718. The van der Waals surface area contributed by atoms with Crippen LogP contribution in [0.5, 0.6) is 5.75 Å². The van der Waals surface area contributed by atoms with Gasteiger partial charge in [0.15, 0.2) is 0 Å². The van der Waals surface area contributed by atoms with Gasteiger partial charge in [-0.25, -0.2) is 4.98 Å². The number of nitrogens with zero attached hydrogens (tertiary/aromatic N) is 3. The third-order valence-corrected chi connectivity index (χ3v) is 5.70. The highest BCUT2D eigenvalue weighted by Gasteiger charge is 2.40. The lowest BCUT2D eigenvalue weighted by Crippen LogP contribution is -2.51. The number of ether oxygens (including phenoxy) is 2. The summed E-state index contributed by atoms with van der Waals surface area (Å²) in [6.45, 7) is 6.59. The fourth-order valence-electron chi connectivity index (χ4n) is 4.12. The van der Waals surface area contributed by atoms with Crippen LogP contribution in [0.2, 0.25) is 0 Å². The monoisotopic (exact) mass is 369 g/mol. The van der Waals surface area contributed by atoms with Gasteiger partial charge in [0, 0.05) is 49.8 Å². The Balaban J connectivity index is 1.57. The zero-order chi connectivity index (χ0) is 18.9. The number of aromatic nitrogens is 2. The molecule has 2 aliphatic rings. The van der Waals surface area contributed by atoms with E-state index in [-0.39, 0.29) is 17.6 Å². The van der Waals surface area contributed by atoms with Gasteiger partial charge in [-0.05, 0) is 19.9 Å². The minimum Gasteiger partial charge on any atom is -0.485 e. The molecule has 0 bridgehead atoms. The molecule has 1 atom stereocenters. The first-order valence-corrected chi connectivity index (χ1v) is 9.68. The molecule has 2 aromatic rings. The van der Waals surface area contributed by atoms with Crippen LogP contribution in [0.3, 0.4) is 0 Å². The van der Waals surface area contributed by atoms with Crippen LogP contribution in [0.25, 0.3) is 0 Å². The van der Waals surface area contributed by atoms with Gasteiger partial charge in [-0.1, -0.05) is 18.2 Å². The van der Waals surface area contributed by atoms with Crippen LogP contribution in [-0.4, -0.2) is 45.7 Å². The van der Waals surface area contributed by atoms with Crippen molar-refractivity contribution in [1.29, 1.82) is 0 Å². The van der Waals surface area contributed by atoms with Gasteiger partial charge in [-0.2, -0.15) is 0 Å². The molecule has 4 rings (SSSR count). The SMILES string of the molecule is Cc1nccn1[C@@H](C)CC(=O)N1Cc2ccccc2OC2(CCOCC2)C1. The average molecular weight is 369 g/mol. The van der Waals surface area contributed by atoms with Crippen LogP contribution in [0.4, 0.5) is 0 Å². The molecule has 1 spiro atoms. The number of aryl methyl sites for hydroxylation is 1. The lowest BCUT2D eigenvalue weighted by Gasteiger charge is -2.39. The number of carbonyl (C=O) groups is 1. The van der Waals surface area contributed by atoms with Gasteiger partial charge in [0.05, 0.1) is 19.8 Å². The molecule has 3 heterocycles. The Labute approximate surface area is 160 Å². The lowest BCUT2D eigenvalue weighted by molar-refractivity contribution is -0.137. The van der Waals surface area contributed by atoms with E-state index < -0.39 is 0 Å². The number of imidazole rings is 1. The van der Waals surface area contributed by atoms with Crippen LogP contribution >= 0.6 is 0 Å². The van der Waals surface area contributed by atoms with E-state index >= 15 is 0 Å². The maximum atomic E-state index is 13.2. The second-order valence-corrected chi connectivity index (χ2v) is 7.69. The molecule has 6 nitrogen and oxygen atoms in total. The minimum atomic E-state index is -0.353. The summed E-state index contributed by atoms with van der Waals surface area (Å²) in [7, 11) is 0. The molecule has 1 fully saturated rings. The van der Waals surface area contributed by atoms with E-state index in [1.54, 1.807) is 6.20 Å². The van der Waals surface area contributed by atoms with Crippen molar-refractivity contribution in [2.24, 2.45) is 0 Å². The van der Waals surface area contributed by atoms with E-state index in [0.717, 1.165) is 30.0 Å². The molecule has 1 aromatic carbocycles. The van der Waals surface area contributed by atoms with Gasteiger partial charge < -0.3 is 18.9 Å². The number of amides is 1. The van der Waals surface area contributed by atoms with E-state index in [0.29, 0.717) is 32.7 Å². The molecule has 0 aliphatic carbocycles. The van der Waals surface area contributed by atoms with Crippen LogP contribution in [0, 0.1) is 6.92 Å². The summed E-state index contributed by atoms with van der Waals surface area (Å²) in [6, 6.07) is 8.14. The second-order valence-electron chi connectivity index (χ2n) is 7.69. The molecular formula is C21H27N3O3. The van der Waals surface area contributed by atoms with Crippen molar-refractivity contribution in [1.82, 2.24) is 14.5 Å². The lowest BCUT2D eigenvalue weighted by atomic mass is 9.93. The van der Waals surface area contributed by atoms with Crippen molar-refractivity contribution in [2.75, 3.05) is 19.8 Å². The number of rotatable bonds is 3. The molecule has 27 heavy (non-hydrogen) atoms. The first-order chi connectivity index (χ1) is 13.1. The summed E-state index contributed by atoms with van der Waals surface area (Å²) in [5.74, 6) is 1.98. The summed E-state index contributed by atoms with van der Waals surface area (Å²) in [4.78, 5) is 19.5. The van der Waals surface area contributed by atoms with Crippen molar-refractivity contribution < 1.29 is 14.3 Å². The van der Waals surface area contributed by atoms with Gasteiger partial charge in [0.25, 0.3) is 0 Å². The fraction of sp³-hybridized carbons (Fsp3) is 0.524. The number of carbonyl (C=O) groups excluding carboxylic acids is 1. The van der Waals surface area contributed by atoms with Crippen molar-refractivity contribution in [3.8, 4) is 5.75 Å². The van der Waals surface area contributed by atoms with E-state index in [1.807, 2.05) is 36.2 Å². The van der Waals surface area contributed by atoms with Gasteiger partial charge in [0.1, 0.15) is 17.2 Å². The molecule has 144 valence electrons. The number of benzene rings is 1. The van der Waals surface area contributed by atoms with Crippen molar-refractivity contribution in [3.05, 3.63) is 48.0 Å². The normalized spacial score (nSPS) is 19.9.